The highest BCUT2D eigenvalue weighted by atomic mass is 35.5. The lowest BCUT2D eigenvalue weighted by Gasteiger charge is -2.34. The van der Waals surface area contributed by atoms with E-state index in [1.54, 1.807) is 0 Å². The van der Waals surface area contributed by atoms with Crippen LogP contribution in [-0.4, -0.2) is 49.1 Å². The van der Waals surface area contributed by atoms with Crippen LogP contribution in [0.4, 0.5) is 16.2 Å². The lowest BCUT2D eigenvalue weighted by molar-refractivity contribution is 0.170. The first kappa shape index (κ1) is 30.6. The Morgan fingerprint density at radius 3 is 2.29 bits per heavy atom. The van der Waals surface area contributed by atoms with Gasteiger partial charge in [0.1, 0.15) is 17.1 Å². The van der Waals surface area contributed by atoms with Gasteiger partial charge in [-0.25, -0.2) is 24.3 Å². The molecule has 0 unspecified atom stereocenters. The summed E-state index contributed by atoms with van der Waals surface area (Å²) in [7, 11) is 0. The number of aromatic hydroxyl groups is 1. The number of piperidine rings is 1. The Labute approximate surface area is 223 Å². The molecular formula is C23H31Cl3FN7O. The Hall–Kier alpha value is -2.46. The molecule has 0 radical (unpaired) electrons. The maximum absolute atomic E-state index is 14.5. The largest absolute Gasteiger partial charge is 0.506 e. The van der Waals surface area contributed by atoms with Gasteiger partial charge in [-0.1, -0.05) is 0 Å². The SMILES string of the molecule is Cc1c(-c2nc(-c3ccnc(N)c3F)ccc2O)nc(N)nc1C1CCN(C(C)C)CC1.Cl.Cl.Cl. The van der Waals surface area contributed by atoms with E-state index in [0.29, 0.717) is 17.4 Å². The Morgan fingerprint density at radius 1 is 1.00 bits per heavy atom. The van der Waals surface area contributed by atoms with Gasteiger partial charge in [0.05, 0.1) is 11.4 Å². The smallest absolute Gasteiger partial charge is 0.220 e. The van der Waals surface area contributed by atoms with Gasteiger partial charge >= 0.3 is 0 Å². The number of hydrogen-bond donors (Lipinski definition) is 3. The summed E-state index contributed by atoms with van der Waals surface area (Å²) in [5, 5.41) is 10.6. The number of rotatable bonds is 4. The van der Waals surface area contributed by atoms with E-state index in [4.69, 9.17) is 11.5 Å². The van der Waals surface area contributed by atoms with E-state index >= 15 is 0 Å². The van der Waals surface area contributed by atoms with Gasteiger partial charge in [0.25, 0.3) is 0 Å². The van der Waals surface area contributed by atoms with Gasteiger partial charge in [0.15, 0.2) is 11.6 Å². The van der Waals surface area contributed by atoms with E-state index < -0.39 is 5.82 Å². The monoisotopic (exact) mass is 545 g/mol. The van der Waals surface area contributed by atoms with Crippen LogP contribution in [0.25, 0.3) is 22.6 Å². The molecule has 0 bridgehead atoms. The first-order valence-electron chi connectivity index (χ1n) is 10.7. The molecule has 12 heteroatoms. The second-order valence-corrected chi connectivity index (χ2v) is 8.47. The lowest BCUT2D eigenvalue weighted by atomic mass is 9.89. The maximum atomic E-state index is 14.5. The molecule has 35 heavy (non-hydrogen) atoms. The number of pyridine rings is 2. The van der Waals surface area contributed by atoms with Gasteiger partial charge in [-0.05, 0) is 70.5 Å². The number of hydrogen-bond acceptors (Lipinski definition) is 8. The molecule has 0 saturated carbocycles. The molecule has 3 aromatic rings. The third kappa shape index (κ3) is 6.22. The number of nitrogens with zero attached hydrogens (tertiary/aromatic N) is 5. The molecule has 1 aliphatic rings. The number of aromatic nitrogens is 4. The van der Waals surface area contributed by atoms with Gasteiger partial charge in [-0.15, -0.1) is 37.2 Å². The zero-order chi connectivity index (χ0) is 23.0. The van der Waals surface area contributed by atoms with Crippen LogP contribution in [0.2, 0.25) is 0 Å². The molecule has 1 saturated heterocycles. The lowest BCUT2D eigenvalue weighted by Crippen LogP contribution is -2.38. The predicted molar refractivity (Wildman–Crippen MR) is 144 cm³/mol. The van der Waals surface area contributed by atoms with Crippen molar-refractivity contribution in [1.29, 1.82) is 0 Å². The molecule has 0 atom stereocenters. The van der Waals surface area contributed by atoms with Crippen molar-refractivity contribution >= 4 is 49.0 Å². The molecular weight excluding hydrogens is 516 g/mol. The summed E-state index contributed by atoms with van der Waals surface area (Å²) in [6.07, 6.45) is 3.35. The van der Waals surface area contributed by atoms with Crippen LogP contribution in [0.3, 0.4) is 0 Å². The third-order valence-corrected chi connectivity index (χ3v) is 6.14. The maximum Gasteiger partial charge on any atom is 0.220 e. The normalized spacial score (nSPS) is 14.1. The van der Waals surface area contributed by atoms with Crippen LogP contribution in [0.5, 0.6) is 5.75 Å². The third-order valence-electron chi connectivity index (χ3n) is 6.14. The molecule has 1 fully saturated rings. The van der Waals surface area contributed by atoms with Gasteiger partial charge in [0, 0.05) is 23.7 Å². The Morgan fingerprint density at radius 2 is 1.66 bits per heavy atom. The average Bonchev–Trinajstić information content (AvgIpc) is 2.78. The minimum Gasteiger partial charge on any atom is -0.506 e. The quantitative estimate of drug-likeness (QED) is 0.427. The van der Waals surface area contributed by atoms with Gasteiger partial charge in [-0.2, -0.15) is 0 Å². The number of likely N-dealkylation sites (tertiary alicyclic amines) is 1. The molecule has 0 aliphatic carbocycles. The minimum atomic E-state index is -0.659. The van der Waals surface area contributed by atoms with Crippen molar-refractivity contribution < 1.29 is 9.50 Å². The van der Waals surface area contributed by atoms with E-state index in [2.05, 4.69) is 38.7 Å². The van der Waals surface area contributed by atoms with Crippen LogP contribution < -0.4 is 11.5 Å². The number of nitrogen functional groups attached to an aromatic ring is 2. The molecule has 3 aromatic heterocycles. The highest BCUT2D eigenvalue weighted by Gasteiger charge is 2.27. The van der Waals surface area contributed by atoms with Crippen LogP contribution >= 0.6 is 37.2 Å². The van der Waals surface area contributed by atoms with Crippen molar-refractivity contribution in [2.45, 2.75) is 45.6 Å². The molecule has 0 aromatic carbocycles. The van der Waals surface area contributed by atoms with E-state index in [-0.39, 0.29) is 71.9 Å². The van der Waals surface area contributed by atoms with Crippen LogP contribution in [0.1, 0.15) is 43.9 Å². The van der Waals surface area contributed by atoms with Gasteiger partial charge in [-0.3, -0.25) is 0 Å². The van der Waals surface area contributed by atoms with Crippen LogP contribution in [0, 0.1) is 12.7 Å². The number of halogens is 4. The minimum absolute atomic E-state index is 0. The average molecular weight is 547 g/mol. The number of anilines is 2. The molecule has 1 aliphatic heterocycles. The van der Waals surface area contributed by atoms with Gasteiger partial charge in [0.2, 0.25) is 5.95 Å². The molecule has 5 N–H and O–H groups in total. The Balaban J connectivity index is 0.00000204. The van der Waals surface area contributed by atoms with E-state index in [9.17, 15) is 9.50 Å². The van der Waals surface area contributed by atoms with Crippen LogP contribution in [0.15, 0.2) is 24.4 Å². The second-order valence-electron chi connectivity index (χ2n) is 8.47. The van der Waals surface area contributed by atoms with Crippen molar-refractivity contribution in [3.05, 3.63) is 41.5 Å². The molecule has 192 valence electrons. The summed E-state index contributed by atoms with van der Waals surface area (Å²) in [4.78, 5) is 19.6. The van der Waals surface area contributed by atoms with Crippen LogP contribution in [-0.2, 0) is 0 Å². The first-order valence-corrected chi connectivity index (χ1v) is 10.7. The first-order chi connectivity index (χ1) is 15.3. The highest BCUT2D eigenvalue weighted by Crippen LogP contribution is 2.37. The summed E-state index contributed by atoms with van der Waals surface area (Å²) >= 11 is 0. The van der Waals surface area contributed by atoms with Gasteiger partial charge < -0.3 is 21.5 Å². The highest BCUT2D eigenvalue weighted by molar-refractivity contribution is 5.86. The summed E-state index contributed by atoms with van der Waals surface area (Å²) in [5.41, 5.74) is 14.5. The van der Waals surface area contributed by atoms with Crippen molar-refractivity contribution in [3.8, 4) is 28.4 Å². The zero-order valence-corrected chi connectivity index (χ0v) is 22.2. The van der Waals surface area contributed by atoms with Crippen molar-refractivity contribution in [3.63, 3.8) is 0 Å². The summed E-state index contributed by atoms with van der Waals surface area (Å²) in [5.74, 6) is -0.572. The molecule has 4 heterocycles. The molecule has 8 nitrogen and oxygen atoms in total. The van der Waals surface area contributed by atoms with Crippen molar-refractivity contribution in [2.75, 3.05) is 24.6 Å². The van der Waals surface area contributed by atoms with E-state index in [1.165, 1.54) is 24.4 Å². The standard InChI is InChI=1S/C23H28FN7O.3ClH/c1-12(2)31-10-7-14(8-11-31)19-13(3)20(30-23(26)29-19)21-17(32)5-4-16(28-21)15-6-9-27-22(25)18(15)24;;;/h4-6,9,12,14,32H,7-8,10-11H2,1-3H3,(H2,25,27)(H2,26,29,30);3*1H. The topological polar surface area (TPSA) is 127 Å². The second kappa shape index (κ2) is 12.5. The fraction of sp³-hybridized carbons (Fsp3) is 0.391. The van der Waals surface area contributed by atoms with E-state index in [1.807, 2.05) is 6.92 Å². The Kier molecular flexibility index (Phi) is 10.9. The summed E-state index contributed by atoms with van der Waals surface area (Å²) in [6.45, 7) is 8.29. The number of nitrogens with two attached hydrogens (primary N) is 2. The molecule has 0 spiro atoms. The van der Waals surface area contributed by atoms with Crippen molar-refractivity contribution in [2.24, 2.45) is 0 Å². The molecule has 0 amide bonds. The zero-order valence-electron chi connectivity index (χ0n) is 19.7. The van der Waals surface area contributed by atoms with E-state index in [0.717, 1.165) is 37.2 Å². The Bertz CT molecular complexity index is 1160. The summed E-state index contributed by atoms with van der Waals surface area (Å²) in [6, 6.07) is 4.99. The summed E-state index contributed by atoms with van der Waals surface area (Å²) < 4.78 is 14.5. The predicted octanol–water partition coefficient (Wildman–Crippen LogP) is 4.77. The molecule has 4 rings (SSSR count). The fourth-order valence-corrected chi connectivity index (χ4v) is 4.30. The van der Waals surface area contributed by atoms with Crippen molar-refractivity contribution in [1.82, 2.24) is 24.8 Å². The fourth-order valence-electron chi connectivity index (χ4n) is 4.30.